The van der Waals surface area contributed by atoms with Gasteiger partial charge in [0.05, 0.1) is 30.0 Å². The number of nitrogens with zero attached hydrogens (tertiary/aromatic N) is 4. The smallest absolute Gasteiger partial charge is 0.271 e. The second-order valence-corrected chi connectivity index (χ2v) is 8.41. The molecule has 2 aromatic rings. The van der Waals surface area contributed by atoms with Crippen LogP contribution >= 0.6 is 0 Å². The van der Waals surface area contributed by atoms with Gasteiger partial charge in [-0.25, -0.2) is 0 Å². The van der Waals surface area contributed by atoms with E-state index in [0.29, 0.717) is 30.9 Å². The molecule has 1 spiro atoms. The Morgan fingerprint density at radius 2 is 2.27 bits per heavy atom. The van der Waals surface area contributed by atoms with Crippen molar-refractivity contribution >= 4 is 11.8 Å². The van der Waals surface area contributed by atoms with E-state index in [1.54, 1.807) is 21.8 Å². The van der Waals surface area contributed by atoms with Crippen molar-refractivity contribution in [1.29, 1.82) is 0 Å². The van der Waals surface area contributed by atoms with Crippen LogP contribution in [0.15, 0.2) is 30.7 Å². The maximum absolute atomic E-state index is 12.9. The van der Waals surface area contributed by atoms with Gasteiger partial charge in [-0.1, -0.05) is 0 Å². The summed E-state index contributed by atoms with van der Waals surface area (Å²) in [4.78, 5) is 31.1. The number of aromatic hydroxyl groups is 1. The fourth-order valence-corrected chi connectivity index (χ4v) is 5.31. The van der Waals surface area contributed by atoms with E-state index in [4.69, 9.17) is 4.74 Å². The molecule has 9 heteroatoms. The lowest BCUT2D eigenvalue weighted by Gasteiger charge is -2.29. The molecule has 0 unspecified atom stereocenters. The van der Waals surface area contributed by atoms with E-state index >= 15 is 0 Å². The fourth-order valence-electron chi connectivity index (χ4n) is 5.31. The summed E-state index contributed by atoms with van der Waals surface area (Å²) in [5.74, 6) is -0.0189. The normalized spacial score (nSPS) is 29.2. The van der Waals surface area contributed by atoms with E-state index in [9.17, 15) is 14.7 Å². The average molecular weight is 411 g/mol. The van der Waals surface area contributed by atoms with Gasteiger partial charge in [0.1, 0.15) is 11.4 Å². The molecule has 2 aromatic heterocycles. The number of aryl methyl sites for hydroxylation is 1. The molecule has 4 atom stereocenters. The number of amides is 2. The molecule has 9 nitrogen and oxygen atoms in total. The quantitative estimate of drug-likeness (QED) is 0.761. The van der Waals surface area contributed by atoms with Crippen molar-refractivity contribution in [3.63, 3.8) is 0 Å². The molecule has 3 fully saturated rings. The van der Waals surface area contributed by atoms with E-state index in [0.717, 1.165) is 19.4 Å². The number of carbonyl (C=O) groups is 2. The first-order chi connectivity index (χ1) is 14.5. The third kappa shape index (κ3) is 3.04. The van der Waals surface area contributed by atoms with Gasteiger partial charge in [0.15, 0.2) is 0 Å². The first-order valence-corrected chi connectivity index (χ1v) is 10.4. The number of hydrogen-bond donors (Lipinski definition) is 2. The highest BCUT2D eigenvalue weighted by Gasteiger charge is 2.63. The number of rotatable bonds is 5. The Morgan fingerprint density at radius 1 is 1.40 bits per heavy atom. The predicted molar refractivity (Wildman–Crippen MR) is 106 cm³/mol. The van der Waals surface area contributed by atoms with Crippen molar-refractivity contribution in [2.24, 2.45) is 11.8 Å². The van der Waals surface area contributed by atoms with Crippen LogP contribution in [0.1, 0.15) is 40.6 Å². The van der Waals surface area contributed by atoms with Gasteiger partial charge in [-0.2, -0.15) is 5.10 Å². The lowest BCUT2D eigenvalue weighted by Crippen LogP contribution is -2.42. The number of pyridine rings is 1. The largest absolute Gasteiger partial charge is 0.506 e. The number of fused-ring (bicyclic) bond motifs is 1. The maximum Gasteiger partial charge on any atom is 0.271 e. The monoisotopic (exact) mass is 411 g/mol. The van der Waals surface area contributed by atoms with Crippen LogP contribution in [0.5, 0.6) is 5.75 Å². The fraction of sp³-hybridized carbons (Fsp3) is 0.524. The van der Waals surface area contributed by atoms with Crippen LogP contribution < -0.4 is 5.32 Å². The molecule has 2 amide bonds. The van der Waals surface area contributed by atoms with Crippen molar-refractivity contribution in [2.75, 3.05) is 19.6 Å². The Morgan fingerprint density at radius 3 is 3.03 bits per heavy atom. The van der Waals surface area contributed by atoms with Gasteiger partial charge >= 0.3 is 0 Å². The zero-order valence-electron chi connectivity index (χ0n) is 16.8. The number of likely N-dealkylation sites (tertiary alicyclic amines) is 1. The molecule has 0 aromatic carbocycles. The third-order valence-electron chi connectivity index (χ3n) is 6.74. The van der Waals surface area contributed by atoms with Gasteiger partial charge in [-0.15, -0.1) is 0 Å². The standard InChI is InChI=1S/C21H25N5O4/c1-2-26-6-4-17(24-26)19(28)23-10-15-16-11-25(12-21(16)5-3-18(15)30-21)20(29)13-7-14(27)9-22-8-13/h4,6-9,15-16,18,27H,2-3,5,10-12H2,1H3,(H,23,28)/t15-,16+,18+,21+/m0/s1. The molecule has 0 radical (unpaired) electrons. The van der Waals surface area contributed by atoms with Crippen molar-refractivity contribution in [3.8, 4) is 5.75 Å². The Bertz CT molecular complexity index is 991. The molecule has 158 valence electrons. The maximum atomic E-state index is 12.9. The molecular formula is C21H25N5O4. The van der Waals surface area contributed by atoms with Crippen molar-refractivity contribution in [2.45, 2.75) is 38.0 Å². The Balaban J connectivity index is 1.27. The first-order valence-electron chi connectivity index (χ1n) is 10.4. The van der Waals surface area contributed by atoms with Crippen LogP contribution in [0.2, 0.25) is 0 Å². The van der Waals surface area contributed by atoms with Crippen LogP contribution in [-0.2, 0) is 11.3 Å². The van der Waals surface area contributed by atoms with Crippen LogP contribution in [-0.4, -0.2) is 67.9 Å². The number of aromatic nitrogens is 3. The Labute approximate surface area is 174 Å². The summed E-state index contributed by atoms with van der Waals surface area (Å²) in [6.07, 6.45) is 6.55. The minimum atomic E-state index is -0.330. The average Bonchev–Trinajstić information content (AvgIpc) is 3.51. The van der Waals surface area contributed by atoms with E-state index in [1.165, 1.54) is 18.5 Å². The van der Waals surface area contributed by atoms with E-state index in [1.807, 2.05) is 6.92 Å². The van der Waals surface area contributed by atoms with Gasteiger partial charge in [0.25, 0.3) is 11.8 Å². The molecular weight excluding hydrogens is 386 g/mol. The number of carbonyl (C=O) groups excluding carboxylic acids is 2. The molecule has 30 heavy (non-hydrogen) atoms. The number of hydrogen-bond acceptors (Lipinski definition) is 6. The van der Waals surface area contributed by atoms with Crippen molar-refractivity contribution < 1.29 is 19.4 Å². The minimum Gasteiger partial charge on any atom is -0.506 e. The molecule has 3 aliphatic rings. The summed E-state index contributed by atoms with van der Waals surface area (Å²) in [5.41, 5.74) is 0.455. The van der Waals surface area contributed by atoms with Gasteiger partial charge in [0.2, 0.25) is 0 Å². The molecule has 5 rings (SSSR count). The lowest BCUT2D eigenvalue weighted by atomic mass is 9.73. The summed E-state index contributed by atoms with van der Waals surface area (Å²) in [7, 11) is 0. The number of nitrogens with one attached hydrogen (secondary N) is 1. The summed E-state index contributed by atoms with van der Waals surface area (Å²) in [5, 5.41) is 16.9. The highest BCUT2D eigenvalue weighted by molar-refractivity contribution is 5.94. The van der Waals surface area contributed by atoms with Crippen LogP contribution in [0.4, 0.5) is 0 Å². The molecule has 0 saturated carbocycles. The second-order valence-electron chi connectivity index (χ2n) is 8.41. The van der Waals surface area contributed by atoms with Gasteiger partial charge in [-0.3, -0.25) is 19.3 Å². The molecule has 5 heterocycles. The highest BCUT2D eigenvalue weighted by Crippen LogP contribution is 2.54. The van der Waals surface area contributed by atoms with Gasteiger partial charge in [-0.05, 0) is 31.9 Å². The Kier molecular flexibility index (Phi) is 4.50. The zero-order valence-corrected chi connectivity index (χ0v) is 16.8. The Hall–Kier alpha value is -2.94. The van der Waals surface area contributed by atoms with Gasteiger partial charge in [0, 0.05) is 43.9 Å². The van der Waals surface area contributed by atoms with Crippen LogP contribution in [0.25, 0.3) is 0 Å². The summed E-state index contributed by atoms with van der Waals surface area (Å²) >= 11 is 0. The molecule has 3 saturated heterocycles. The van der Waals surface area contributed by atoms with Crippen molar-refractivity contribution in [3.05, 3.63) is 42.0 Å². The number of ether oxygens (including phenoxy) is 1. The van der Waals surface area contributed by atoms with Gasteiger partial charge < -0.3 is 20.1 Å². The minimum absolute atomic E-state index is 0.0262. The van der Waals surface area contributed by atoms with E-state index in [-0.39, 0.29) is 41.1 Å². The van der Waals surface area contributed by atoms with E-state index in [2.05, 4.69) is 15.4 Å². The van der Waals surface area contributed by atoms with E-state index < -0.39 is 0 Å². The first kappa shape index (κ1) is 19.0. The summed E-state index contributed by atoms with van der Waals surface area (Å²) in [6.45, 7) is 4.31. The predicted octanol–water partition coefficient (Wildman–Crippen LogP) is 1.05. The van der Waals surface area contributed by atoms with Crippen LogP contribution in [0, 0.1) is 11.8 Å². The lowest BCUT2D eigenvalue weighted by molar-refractivity contribution is 0.00316. The third-order valence-corrected chi connectivity index (χ3v) is 6.74. The SMILES string of the molecule is CCn1ccc(C(=O)NC[C@H]2[C@H]3CN(C(=O)c4cncc(O)c4)C[C@]34CC[C@H]2O4)n1. The zero-order chi connectivity index (χ0) is 20.9. The molecule has 2 bridgehead atoms. The molecule has 3 aliphatic heterocycles. The molecule has 2 N–H and O–H groups in total. The summed E-state index contributed by atoms with van der Waals surface area (Å²) < 4.78 is 8.09. The van der Waals surface area contributed by atoms with Crippen LogP contribution in [0.3, 0.4) is 0 Å². The summed E-state index contributed by atoms with van der Waals surface area (Å²) in [6, 6.07) is 3.16. The topological polar surface area (TPSA) is 110 Å². The highest BCUT2D eigenvalue weighted by atomic mass is 16.5. The molecule has 0 aliphatic carbocycles. The van der Waals surface area contributed by atoms with Crippen molar-refractivity contribution in [1.82, 2.24) is 25.0 Å². The second kappa shape index (κ2) is 7.09.